The van der Waals surface area contributed by atoms with E-state index in [0.29, 0.717) is 12.5 Å². The Balaban J connectivity index is 2.19. The number of aliphatic carboxylic acids is 1. The maximum Gasteiger partial charge on any atom is 0.307 e. The molecule has 7 heteroatoms. The average Bonchev–Trinajstić information content (AvgIpc) is 3.31. The normalized spacial score (nSPS) is 18.4. The van der Waals surface area contributed by atoms with Crippen LogP contribution in [0.4, 0.5) is 0 Å². The van der Waals surface area contributed by atoms with Gasteiger partial charge in [-0.25, -0.2) is 0 Å². The first-order valence-electron chi connectivity index (χ1n) is 15.7. The highest BCUT2D eigenvalue weighted by Crippen LogP contribution is 2.41. The van der Waals surface area contributed by atoms with Gasteiger partial charge in [-0.05, 0) is 92.7 Å². The van der Waals surface area contributed by atoms with Gasteiger partial charge in [0.05, 0.1) is 18.6 Å². The van der Waals surface area contributed by atoms with Gasteiger partial charge in [0, 0.05) is 5.92 Å². The van der Waals surface area contributed by atoms with Gasteiger partial charge in [-0.2, -0.15) is 0 Å². The summed E-state index contributed by atoms with van der Waals surface area (Å²) in [6.07, 6.45) is 11.0. The van der Waals surface area contributed by atoms with Gasteiger partial charge in [-0.3, -0.25) is 4.79 Å². The molecule has 0 aromatic heterocycles. The zero-order valence-electron chi connectivity index (χ0n) is 27.0. The van der Waals surface area contributed by atoms with Crippen LogP contribution in [0.2, 0.25) is 36.3 Å². The highest BCUT2D eigenvalue weighted by molar-refractivity contribution is 6.74. The topological polar surface area (TPSA) is 65.0 Å². The van der Waals surface area contributed by atoms with E-state index in [9.17, 15) is 4.79 Å². The standard InChI is InChI=1S/C34H56O5Si2/c1-9-41(10-2,11-3)39-32-26-24-28(31(32)21-17-12-13-18-22-33(35)36)23-25-30(38-40(7,8)34(4,5)6)27-37-29-19-15-14-16-20-29/h12,14-16,18-20,24,30-32H,9-11,17,21-23,25-27H2,1-8H3,(H,35,36)/t13?,30?,31-,32+/m1/s1. The van der Waals surface area contributed by atoms with E-state index in [1.165, 1.54) is 5.57 Å². The number of carboxylic acid groups (broad SMARTS) is 1. The Labute approximate surface area is 252 Å². The molecule has 0 aliphatic heterocycles. The Morgan fingerprint density at radius 2 is 1.76 bits per heavy atom. The first kappa shape index (κ1) is 35.3. The van der Waals surface area contributed by atoms with Gasteiger partial charge in [0.15, 0.2) is 16.6 Å². The first-order valence-corrected chi connectivity index (χ1v) is 21.1. The van der Waals surface area contributed by atoms with Crippen LogP contribution >= 0.6 is 0 Å². The summed E-state index contributed by atoms with van der Waals surface area (Å²) < 4.78 is 20.2. The summed E-state index contributed by atoms with van der Waals surface area (Å²) in [6, 6.07) is 13.5. The zero-order valence-corrected chi connectivity index (χ0v) is 29.0. The second-order valence-electron chi connectivity index (χ2n) is 12.9. The minimum Gasteiger partial charge on any atom is -0.491 e. The van der Waals surface area contributed by atoms with Gasteiger partial charge in [-0.1, -0.05) is 71.4 Å². The van der Waals surface area contributed by atoms with Crippen molar-refractivity contribution < 1.29 is 23.5 Å². The maximum absolute atomic E-state index is 10.8. The van der Waals surface area contributed by atoms with Gasteiger partial charge in [-0.15, -0.1) is 5.73 Å². The number of hydrogen-bond acceptors (Lipinski definition) is 4. The summed E-state index contributed by atoms with van der Waals surface area (Å²) in [6.45, 7) is 18.9. The number of ether oxygens (including phenoxy) is 1. The molecule has 41 heavy (non-hydrogen) atoms. The molecular weight excluding hydrogens is 545 g/mol. The van der Waals surface area contributed by atoms with Gasteiger partial charge >= 0.3 is 5.97 Å². The lowest BCUT2D eigenvalue weighted by Gasteiger charge is -2.39. The van der Waals surface area contributed by atoms with E-state index in [2.05, 4.69) is 66.4 Å². The first-order chi connectivity index (χ1) is 19.4. The van der Waals surface area contributed by atoms with E-state index in [1.54, 1.807) is 6.08 Å². The number of carbonyl (C=O) groups is 1. The van der Waals surface area contributed by atoms with E-state index in [-0.39, 0.29) is 23.7 Å². The molecule has 0 saturated heterocycles. The van der Waals surface area contributed by atoms with E-state index >= 15 is 0 Å². The van der Waals surface area contributed by atoms with Crippen LogP contribution in [0, 0.1) is 5.92 Å². The van der Waals surface area contributed by atoms with Crippen molar-refractivity contribution in [2.75, 3.05) is 6.61 Å². The molecule has 0 bridgehead atoms. The summed E-state index contributed by atoms with van der Waals surface area (Å²) in [5, 5.41) is 9.02. The number of rotatable bonds is 18. The summed E-state index contributed by atoms with van der Waals surface area (Å²) in [5.41, 5.74) is 4.54. The fraction of sp³-hybridized carbons (Fsp3) is 0.647. The molecule has 0 fully saturated rings. The molecule has 1 N–H and O–H groups in total. The second kappa shape index (κ2) is 16.7. The summed E-state index contributed by atoms with van der Waals surface area (Å²) in [7, 11) is -3.72. The molecule has 0 spiro atoms. The maximum atomic E-state index is 10.8. The Morgan fingerprint density at radius 3 is 2.34 bits per heavy atom. The molecule has 0 radical (unpaired) electrons. The van der Waals surface area contributed by atoms with Crippen molar-refractivity contribution in [3.8, 4) is 5.75 Å². The Kier molecular flexibility index (Phi) is 14.3. The molecule has 2 rings (SSSR count). The molecule has 5 nitrogen and oxygen atoms in total. The minimum atomic E-state index is -1.98. The fourth-order valence-electron chi connectivity index (χ4n) is 5.31. The van der Waals surface area contributed by atoms with Crippen molar-refractivity contribution in [1.29, 1.82) is 0 Å². The monoisotopic (exact) mass is 600 g/mol. The number of para-hydroxylation sites is 1. The minimum absolute atomic E-state index is 0.00903. The summed E-state index contributed by atoms with van der Waals surface area (Å²) in [4.78, 5) is 10.8. The number of benzene rings is 1. The van der Waals surface area contributed by atoms with E-state index < -0.39 is 22.6 Å². The smallest absolute Gasteiger partial charge is 0.307 e. The van der Waals surface area contributed by atoms with E-state index in [0.717, 1.165) is 56.0 Å². The molecule has 1 aromatic carbocycles. The highest BCUT2D eigenvalue weighted by atomic mass is 28.4. The van der Waals surface area contributed by atoms with E-state index in [4.69, 9.17) is 18.7 Å². The summed E-state index contributed by atoms with van der Waals surface area (Å²) >= 11 is 0. The predicted octanol–water partition coefficient (Wildman–Crippen LogP) is 9.54. The molecule has 230 valence electrons. The van der Waals surface area contributed by atoms with Crippen molar-refractivity contribution in [3.05, 3.63) is 59.9 Å². The van der Waals surface area contributed by atoms with Gasteiger partial charge < -0.3 is 18.7 Å². The quantitative estimate of drug-likeness (QED) is 0.103. The van der Waals surface area contributed by atoms with E-state index in [1.807, 2.05) is 36.4 Å². The zero-order chi connectivity index (χ0) is 30.5. The van der Waals surface area contributed by atoms with Gasteiger partial charge in [0.1, 0.15) is 12.4 Å². The third kappa shape index (κ3) is 11.4. The van der Waals surface area contributed by atoms with Crippen molar-refractivity contribution in [2.24, 2.45) is 5.92 Å². The van der Waals surface area contributed by atoms with Crippen LogP contribution in [0.5, 0.6) is 5.75 Å². The SMILES string of the molecule is CC[Si](CC)(CC)O[C@H]1CC=C(CCC(COc2ccccc2)O[Si](C)(C)C(C)(C)C)[C@H]1CCC=C=CCC(=O)O. The molecule has 0 saturated carbocycles. The lowest BCUT2D eigenvalue weighted by molar-refractivity contribution is -0.136. The average molecular weight is 601 g/mol. The molecule has 0 heterocycles. The van der Waals surface area contributed by atoms with Crippen LogP contribution in [0.3, 0.4) is 0 Å². The predicted molar refractivity (Wildman–Crippen MR) is 176 cm³/mol. The molecular formula is C34H56O5Si2. The van der Waals surface area contributed by atoms with Crippen LogP contribution in [0.1, 0.15) is 80.1 Å². The molecule has 1 aliphatic rings. The Hall–Kier alpha value is -1.90. The highest BCUT2D eigenvalue weighted by Gasteiger charge is 2.40. The van der Waals surface area contributed by atoms with Gasteiger partial charge in [0.2, 0.25) is 0 Å². The second-order valence-corrected chi connectivity index (χ2v) is 22.4. The third-order valence-electron chi connectivity index (χ3n) is 9.21. The van der Waals surface area contributed by atoms with Crippen LogP contribution in [0.25, 0.3) is 0 Å². The number of carboxylic acids is 1. The van der Waals surface area contributed by atoms with Crippen LogP contribution in [-0.2, 0) is 13.6 Å². The lowest BCUT2D eigenvalue weighted by atomic mass is 9.90. The van der Waals surface area contributed by atoms with Crippen molar-refractivity contribution in [1.82, 2.24) is 0 Å². The summed E-state index contributed by atoms with van der Waals surface area (Å²) in [5.74, 6) is 0.421. The van der Waals surface area contributed by atoms with Crippen molar-refractivity contribution in [3.63, 3.8) is 0 Å². The Bertz CT molecular complexity index is 1010. The lowest BCUT2D eigenvalue weighted by Crippen LogP contribution is -2.45. The van der Waals surface area contributed by atoms with Crippen LogP contribution in [-0.4, -0.2) is 46.5 Å². The molecule has 1 aliphatic carbocycles. The van der Waals surface area contributed by atoms with Crippen molar-refractivity contribution in [2.45, 2.75) is 129 Å². The van der Waals surface area contributed by atoms with Crippen LogP contribution < -0.4 is 4.74 Å². The van der Waals surface area contributed by atoms with Crippen molar-refractivity contribution >= 4 is 22.6 Å². The molecule has 1 aromatic rings. The Morgan fingerprint density at radius 1 is 1.10 bits per heavy atom. The fourth-order valence-corrected chi connectivity index (χ4v) is 9.59. The number of hydrogen-bond donors (Lipinski definition) is 1. The molecule has 0 amide bonds. The van der Waals surface area contributed by atoms with Crippen LogP contribution in [0.15, 0.2) is 59.9 Å². The molecule has 3 atom stereocenters. The third-order valence-corrected chi connectivity index (χ3v) is 18.4. The molecule has 1 unspecified atom stereocenters. The van der Waals surface area contributed by atoms with Gasteiger partial charge in [0.25, 0.3) is 0 Å². The largest absolute Gasteiger partial charge is 0.491 e.